The molecule has 5 nitrogen and oxygen atoms in total. The molecule has 1 saturated carbocycles. The molecule has 1 aromatic carbocycles. The van der Waals surface area contributed by atoms with Crippen molar-refractivity contribution in [1.29, 1.82) is 0 Å². The van der Waals surface area contributed by atoms with E-state index in [1.54, 1.807) is 7.11 Å². The van der Waals surface area contributed by atoms with Gasteiger partial charge in [0, 0.05) is 43.0 Å². The van der Waals surface area contributed by atoms with Crippen LogP contribution in [0.1, 0.15) is 44.1 Å². The molecular formula is C25H38BrN3O2. The number of methoxy groups -OCH3 is 1. The highest BCUT2D eigenvalue weighted by atomic mass is 79.9. The van der Waals surface area contributed by atoms with E-state index in [1.807, 2.05) is 6.07 Å². The zero-order valence-electron chi connectivity index (χ0n) is 19.0. The van der Waals surface area contributed by atoms with Crippen molar-refractivity contribution in [2.75, 3.05) is 53.2 Å². The third-order valence-electron chi connectivity index (χ3n) is 7.02. The van der Waals surface area contributed by atoms with Crippen LogP contribution in [0.3, 0.4) is 0 Å². The summed E-state index contributed by atoms with van der Waals surface area (Å²) in [7, 11) is 1.70. The van der Waals surface area contributed by atoms with E-state index in [0.717, 1.165) is 38.0 Å². The van der Waals surface area contributed by atoms with Gasteiger partial charge in [0.15, 0.2) is 0 Å². The summed E-state index contributed by atoms with van der Waals surface area (Å²) in [5.41, 5.74) is 2.77. The minimum absolute atomic E-state index is 0.592. The predicted molar refractivity (Wildman–Crippen MR) is 129 cm³/mol. The van der Waals surface area contributed by atoms with Gasteiger partial charge >= 0.3 is 0 Å². The van der Waals surface area contributed by atoms with Crippen LogP contribution in [0.4, 0.5) is 0 Å². The SMILES string of the molecule is COCCOc1ccc(Br)c(CC2CCN(CC3=CCN(C4CCCCC4)CN3)C2)c1. The summed E-state index contributed by atoms with van der Waals surface area (Å²) in [5.74, 6) is 1.64. The fraction of sp³-hybridized carbons (Fsp3) is 0.680. The average Bonchev–Trinajstić information content (AvgIpc) is 3.24. The maximum absolute atomic E-state index is 5.80. The van der Waals surface area contributed by atoms with Crippen LogP contribution in [0.25, 0.3) is 0 Å². The minimum Gasteiger partial charge on any atom is -0.491 e. The Balaban J connectivity index is 1.23. The zero-order valence-corrected chi connectivity index (χ0v) is 20.5. The molecule has 2 fully saturated rings. The van der Waals surface area contributed by atoms with Gasteiger partial charge in [-0.15, -0.1) is 0 Å². The van der Waals surface area contributed by atoms with Crippen molar-refractivity contribution in [2.45, 2.75) is 51.0 Å². The summed E-state index contributed by atoms with van der Waals surface area (Å²) < 4.78 is 12.1. The number of hydrogen-bond acceptors (Lipinski definition) is 5. The van der Waals surface area contributed by atoms with Crippen molar-refractivity contribution in [1.82, 2.24) is 15.1 Å². The van der Waals surface area contributed by atoms with Gasteiger partial charge in [-0.2, -0.15) is 0 Å². The lowest BCUT2D eigenvalue weighted by Crippen LogP contribution is -2.47. The van der Waals surface area contributed by atoms with Crippen LogP contribution in [0, 0.1) is 5.92 Å². The first-order valence-corrected chi connectivity index (χ1v) is 12.8. The van der Waals surface area contributed by atoms with Crippen molar-refractivity contribution in [2.24, 2.45) is 5.92 Å². The van der Waals surface area contributed by atoms with Crippen LogP contribution in [-0.2, 0) is 11.2 Å². The molecule has 0 radical (unpaired) electrons. The van der Waals surface area contributed by atoms with Crippen LogP contribution in [-0.4, -0.2) is 69.0 Å². The Hall–Kier alpha value is -1.08. The summed E-state index contributed by atoms with van der Waals surface area (Å²) >= 11 is 3.74. The monoisotopic (exact) mass is 491 g/mol. The molecule has 3 aliphatic rings. The van der Waals surface area contributed by atoms with Crippen LogP contribution in [0.2, 0.25) is 0 Å². The lowest BCUT2D eigenvalue weighted by Gasteiger charge is -2.37. The summed E-state index contributed by atoms with van der Waals surface area (Å²) in [5, 5.41) is 3.71. The van der Waals surface area contributed by atoms with Crippen molar-refractivity contribution in [3.05, 3.63) is 40.0 Å². The van der Waals surface area contributed by atoms with Gasteiger partial charge in [0.1, 0.15) is 12.4 Å². The molecule has 0 aromatic heterocycles. The molecule has 4 rings (SSSR count). The van der Waals surface area contributed by atoms with Gasteiger partial charge in [-0.1, -0.05) is 41.3 Å². The molecule has 0 spiro atoms. The molecule has 1 atom stereocenters. The summed E-state index contributed by atoms with van der Waals surface area (Å²) in [6.45, 7) is 6.78. The topological polar surface area (TPSA) is 37.0 Å². The quantitative estimate of drug-likeness (QED) is 0.517. The Kier molecular flexibility index (Phi) is 8.71. The molecule has 2 heterocycles. The predicted octanol–water partition coefficient (Wildman–Crippen LogP) is 4.42. The number of ether oxygens (including phenoxy) is 2. The second-order valence-corrected chi connectivity index (χ2v) is 10.2. The first-order chi connectivity index (χ1) is 15.2. The second kappa shape index (κ2) is 11.7. The Morgan fingerprint density at radius 3 is 2.77 bits per heavy atom. The third-order valence-corrected chi connectivity index (χ3v) is 7.79. The molecule has 1 saturated heterocycles. The van der Waals surface area contributed by atoms with E-state index in [1.165, 1.54) is 67.3 Å². The minimum atomic E-state index is 0.592. The van der Waals surface area contributed by atoms with E-state index in [4.69, 9.17) is 9.47 Å². The molecule has 1 aliphatic carbocycles. The van der Waals surface area contributed by atoms with Crippen molar-refractivity contribution in [3.8, 4) is 5.75 Å². The number of hydrogen-bond donors (Lipinski definition) is 1. The molecule has 31 heavy (non-hydrogen) atoms. The zero-order chi connectivity index (χ0) is 21.5. The fourth-order valence-corrected chi connectivity index (χ4v) is 5.64. The van der Waals surface area contributed by atoms with Crippen LogP contribution in [0.5, 0.6) is 5.75 Å². The lowest BCUT2D eigenvalue weighted by atomic mass is 9.94. The second-order valence-electron chi connectivity index (χ2n) is 9.32. The molecule has 0 amide bonds. The highest BCUT2D eigenvalue weighted by Crippen LogP contribution is 2.29. The molecule has 172 valence electrons. The third kappa shape index (κ3) is 6.70. The van der Waals surface area contributed by atoms with Gasteiger partial charge in [0.05, 0.1) is 13.3 Å². The smallest absolute Gasteiger partial charge is 0.119 e. The summed E-state index contributed by atoms with van der Waals surface area (Å²) in [6, 6.07) is 7.12. The molecular weight excluding hydrogens is 454 g/mol. The van der Waals surface area contributed by atoms with E-state index in [0.29, 0.717) is 19.1 Å². The molecule has 1 unspecified atom stereocenters. The van der Waals surface area contributed by atoms with Crippen LogP contribution < -0.4 is 10.1 Å². The summed E-state index contributed by atoms with van der Waals surface area (Å²) in [6.07, 6.45) is 11.8. The van der Waals surface area contributed by atoms with Crippen molar-refractivity contribution in [3.63, 3.8) is 0 Å². The van der Waals surface area contributed by atoms with Gasteiger partial charge in [0.25, 0.3) is 0 Å². The Morgan fingerprint density at radius 2 is 2.00 bits per heavy atom. The van der Waals surface area contributed by atoms with E-state index in [-0.39, 0.29) is 0 Å². The maximum atomic E-state index is 5.80. The van der Waals surface area contributed by atoms with E-state index in [9.17, 15) is 0 Å². The normalized spacial score (nSPS) is 23.5. The van der Waals surface area contributed by atoms with Gasteiger partial charge in [-0.05, 0) is 61.9 Å². The number of likely N-dealkylation sites (tertiary alicyclic amines) is 1. The highest BCUT2D eigenvalue weighted by molar-refractivity contribution is 9.10. The molecule has 2 aliphatic heterocycles. The standard InChI is InChI=1S/C25H38BrN3O2/c1-30-13-14-31-24-7-8-25(26)21(16-24)15-20-9-11-28(17-20)18-22-10-12-29(19-27-22)23-5-3-2-4-6-23/h7-8,10,16,20,23,27H,2-6,9,11-15,17-19H2,1H3. The Labute approximate surface area is 196 Å². The van der Waals surface area contributed by atoms with Gasteiger partial charge < -0.3 is 14.8 Å². The van der Waals surface area contributed by atoms with Crippen LogP contribution in [0.15, 0.2) is 34.4 Å². The number of halogens is 1. The van der Waals surface area contributed by atoms with Crippen LogP contribution >= 0.6 is 15.9 Å². The van der Waals surface area contributed by atoms with Gasteiger partial charge in [-0.25, -0.2) is 0 Å². The number of nitrogens with zero attached hydrogens (tertiary/aromatic N) is 2. The van der Waals surface area contributed by atoms with Gasteiger partial charge in [0.2, 0.25) is 0 Å². The van der Waals surface area contributed by atoms with E-state index >= 15 is 0 Å². The molecule has 1 aromatic rings. The van der Waals surface area contributed by atoms with Crippen molar-refractivity contribution >= 4 is 15.9 Å². The Bertz CT molecular complexity index is 735. The number of benzene rings is 1. The number of rotatable bonds is 9. The van der Waals surface area contributed by atoms with E-state index < -0.39 is 0 Å². The lowest BCUT2D eigenvalue weighted by molar-refractivity contribution is 0.146. The first kappa shape index (κ1) is 23.1. The molecule has 6 heteroatoms. The van der Waals surface area contributed by atoms with Crippen molar-refractivity contribution < 1.29 is 9.47 Å². The highest BCUT2D eigenvalue weighted by Gasteiger charge is 2.26. The molecule has 1 N–H and O–H groups in total. The van der Waals surface area contributed by atoms with Gasteiger partial charge in [-0.3, -0.25) is 9.80 Å². The molecule has 0 bridgehead atoms. The Morgan fingerprint density at radius 1 is 1.13 bits per heavy atom. The number of nitrogens with one attached hydrogen (secondary N) is 1. The average molecular weight is 493 g/mol. The maximum Gasteiger partial charge on any atom is 0.119 e. The largest absolute Gasteiger partial charge is 0.491 e. The van der Waals surface area contributed by atoms with E-state index in [2.05, 4.69) is 49.3 Å². The first-order valence-electron chi connectivity index (χ1n) is 12.0. The fourth-order valence-electron chi connectivity index (χ4n) is 5.23. The summed E-state index contributed by atoms with van der Waals surface area (Å²) in [4.78, 5) is 5.25.